The van der Waals surface area contributed by atoms with Crippen molar-refractivity contribution in [1.29, 1.82) is 0 Å². The second-order valence-corrected chi connectivity index (χ2v) is 7.93. The number of nitrogens with zero attached hydrogens (tertiary/aromatic N) is 1. The van der Waals surface area contributed by atoms with Crippen molar-refractivity contribution in [3.63, 3.8) is 0 Å². The van der Waals surface area contributed by atoms with E-state index in [0.717, 1.165) is 11.4 Å². The average molecular weight is 313 g/mol. The van der Waals surface area contributed by atoms with Crippen LogP contribution in [0.15, 0.2) is 48.7 Å². The van der Waals surface area contributed by atoms with Gasteiger partial charge in [-0.05, 0) is 52.8 Å². The molecule has 19 heavy (non-hydrogen) atoms. The van der Waals surface area contributed by atoms with E-state index in [1.54, 1.807) is 37.6 Å². The highest BCUT2D eigenvalue weighted by Gasteiger charge is 1.93. The zero-order valence-corrected chi connectivity index (χ0v) is 13.3. The van der Waals surface area contributed by atoms with Crippen LogP contribution >= 0.6 is 31.4 Å². The standard InChI is InChI=1S/C8H9FS3.C6H7N/c1-10-12-11-6-7-2-4-8(9)5-3-7;1-6-4-2-3-5-7-6/h2-5H,6H2,1H3;2-5H,1H3. The lowest BCUT2D eigenvalue weighted by Crippen LogP contribution is -1.78. The van der Waals surface area contributed by atoms with E-state index >= 15 is 0 Å². The first-order valence-electron chi connectivity index (χ1n) is 5.66. The molecule has 0 amide bonds. The number of halogens is 1. The molecule has 1 aromatic carbocycles. The largest absolute Gasteiger partial charge is 0.262 e. The molecule has 1 nitrogen and oxygen atoms in total. The number of pyridine rings is 1. The van der Waals surface area contributed by atoms with E-state index in [1.165, 1.54) is 17.7 Å². The fraction of sp³-hybridized carbons (Fsp3) is 0.214. The highest BCUT2D eigenvalue weighted by Crippen LogP contribution is 2.34. The smallest absolute Gasteiger partial charge is 0.123 e. The van der Waals surface area contributed by atoms with Gasteiger partial charge in [0.2, 0.25) is 0 Å². The van der Waals surface area contributed by atoms with Gasteiger partial charge in [0.05, 0.1) is 0 Å². The zero-order valence-electron chi connectivity index (χ0n) is 10.9. The molecule has 0 saturated heterocycles. The van der Waals surface area contributed by atoms with Gasteiger partial charge in [-0.1, -0.05) is 39.8 Å². The lowest BCUT2D eigenvalue weighted by molar-refractivity contribution is 0.627. The predicted molar refractivity (Wildman–Crippen MR) is 87.8 cm³/mol. The van der Waals surface area contributed by atoms with Gasteiger partial charge in [0, 0.05) is 17.6 Å². The molecule has 0 atom stereocenters. The molecule has 0 aliphatic rings. The summed E-state index contributed by atoms with van der Waals surface area (Å²) in [5.41, 5.74) is 2.24. The van der Waals surface area contributed by atoms with E-state index in [-0.39, 0.29) is 5.82 Å². The molecule has 0 aliphatic carbocycles. The summed E-state index contributed by atoms with van der Waals surface area (Å²) in [5, 5.41) is 0. The molecule has 2 aromatic rings. The van der Waals surface area contributed by atoms with Gasteiger partial charge >= 0.3 is 0 Å². The number of rotatable bonds is 4. The third kappa shape index (κ3) is 8.18. The normalized spacial score (nSPS) is 9.63. The molecule has 5 heteroatoms. The van der Waals surface area contributed by atoms with Crippen molar-refractivity contribution in [1.82, 2.24) is 4.98 Å². The van der Waals surface area contributed by atoms with Crippen LogP contribution in [0.2, 0.25) is 0 Å². The van der Waals surface area contributed by atoms with Crippen LogP contribution in [0, 0.1) is 12.7 Å². The lowest BCUT2D eigenvalue weighted by atomic mass is 10.2. The van der Waals surface area contributed by atoms with Crippen LogP contribution < -0.4 is 0 Å². The minimum Gasteiger partial charge on any atom is -0.262 e. The van der Waals surface area contributed by atoms with Crippen molar-refractivity contribution in [3.8, 4) is 0 Å². The molecule has 0 N–H and O–H groups in total. The van der Waals surface area contributed by atoms with Crippen LogP contribution in [0.5, 0.6) is 0 Å². The summed E-state index contributed by atoms with van der Waals surface area (Å²) in [4.78, 5) is 3.98. The van der Waals surface area contributed by atoms with E-state index in [1.807, 2.05) is 43.5 Å². The Balaban J connectivity index is 0.000000218. The first kappa shape index (κ1) is 16.4. The van der Waals surface area contributed by atoms with Crippen LogP contribution in [0.25, 0.3) is 0 Å². The molecular weight excluding hydrogens is 297 g/mol. The Hall–Kier alpha value is -0.650. The van der Waals surface area contributed by atoms with Gasteiger partial charge in [0.25, 0.3) is 0 Å². The van der Waals surface area contributed by atoms with Crippen molar-refractivity contribution < 1.29 is 4.39 Å². The van der Waals surface area contributed by atoms with Gasteiger partial charge < -0.3 is 0 Å². The topological polar surface area (TPSA) is 12.9 Å². The van der Waals surface area contributed by atoms with Crippen molar-refractivity contribution in [2.75, 3.05) is 6.26 Å². The molecule has 0 fully saturated rings. The fourth-order valence-electron chi connectivity index (χ4n) is 1.17. The fourth-order valence-corrected chi connectivity index (χ4v) is 3.78. The monoisotopic (exact) mass is 313 g/mol. The Morgan fingerprint density at radius 3 is 2.32 bits per heavy atom. The molecule has 0 saturated carbocycles. The van der Waals surface area contributed by atoms with Crippen LogP contribution in [0.3, 0.4) is 0 Å². The number of aryl methyl sites for hydroxylation is 1. The minimum atomic E-state index is -0.165. The Morgan fingerprint density at radius 2 is 1.84 bits per heavy atom. The second-order valence-electron chi connectivity index (χ2n) is 3.59. The number of hydrogen-bond acceptors (Lipinski definition) is 4. The third-order valence-corrected chi connectivity index (χ3v) is 5.89. The SMILES string of the molecule is CSSSCc1ccc(F)cc1.Cc1ccccn1. The minimum absolute atomic E-state index is 0.165. The van der Waals surface area contributed by atoms with Gasteiger partial charge in [0.15, 0.2) is 0 Å². The summed E-state index contributed by atoms with van der Waals surface area (Å²) >= 11 is 0. The number of aromatic nitrogens is 1. The summed E-state index contributed by atoms with van der Waals surface area (Å²) in [6.07, 6.45) is 3.83. The van der Waals surface area contributed by atoms with Gasteiger partial charge in [-0.3, -0.25) is 4.98 Å². The van der Waals surface area contributed by atoms with Crippen molar-refractivity contribution >= 4 is 31.4 Å². The molecule has 0 spiro atoms. The first-order valence-corrected chi connectivity index (χ1v) is 9.73. The maximum Gasteiger partial charge on any atom is 0.123 e. The van der Waals surface area contributed by atoms with Crippen molar-refractivity contribution in [3.05, 3.63) is 65.7 Å². The maximum absolute atomic E-state index is 12.5. The van der Waals surface area contributed by atoms with Gasteiger partial charge in [-0.15, -0.1) is 0 Å². The molecule has 102 valence electrons. The van der Waals surface area contributed by atoms with Crippen LogP contribution in [0.1, 0.15) is 11.3 Å². The summed E-state index contributed by atoms with van der Waals surface area (Å²) in [5.74, 6) is 0.771. The average Bonchev–Trinajstić information content (AvgIpc) is 2.43. The van der Waals surface area contributed by atoms with E-state index in [9.17, 15) is 4.39 Å². The quantitative estimate of drug-likeness (QED) is 0.555. The second kappa shape index (κ2) is 10.2. The van der Waals surface area contributed by atoms with E-state index in [4.69, 9.17) is 0 Å². The van der Waals surface area contributed by atoms with Crippen molar-refractivity contribution in [2.45, 2.75) is 12.7 Å². The molecule has 0 radical (unpaired) electrons. The van der Waals surface area contributed by atoms with Crippen LogP contribution in [0.4, 0.5) is 4.39 Å². The molecule has 1 aromatic heterocycles. The summed E-state index contributed by atoms with van der Waals surface area (Å²) in [6.45, 7) is 1.97. The molecular formula is C14H16FNS3. The first-order chi connectivity index (χ1) is 9.22. The Labute approximate surface area is 125 Å². The molecule has 0 bridgehead atoms. The number of benzene rings is 1. The van der Waals surface area contributed by atoms with Crippen molar-refractivity contribution in [2.24, 2.45) is 0 Å². The van der Waals surface area contributed by atoms with Crippen LogP contribution in [-0.4, -0.2) is 11.2 Å². The Morgan fingerprint density at radius 1 is 1.11 bits per heavy atom. The summed E-state index contributed by atoms with van der Waals surface area (Å²) in [6, 6.07) is 12.5. The summed E-state index contributed by atoms with van der Waals surface area (Å²) < 4.78 is 12.5. The lowest BCUT2D eigenvalue weighted by Gasteiger charge is -1.98. The Kier molecular flexibility index (Phi) is 8.79. The molecule has 0 aliphatic heterocycles. The third-order valence-electron chi connectivity index (χ3n) is 2.07. The number of hydrogen-bond donors (Lipinski definition) is 0. The van der Waals surface area contributed by atoms with Crippen LogP contribution in [-0.2, 0) is 5.75 Å². The highest BCUT2D eigenvalue weighted by molar-refractivity contribution is 9.09. The highest BCUT2D eigenvalue weighted by atomic mass is 33.5. The van der Waals surface area contributed by atoms with E-state index in [2.05, 4.69) is 4.98 Å². The Bertz CT molecular complexity index is 448. The van der Waals surface area contributed by atoms with E-state index < -0.39 is 0 Å². The molecule has 1 heterocycles. The zero-order chi connectivity index (χ0) is 13.9. The summed E-state index contributed by atoms with van der Waals surface area (Å²) in [7, 11) is 5.25. The van der Waals surface area contributed by atoms with E-state index in [0.29, 0.717) is 0 Å². The van der Waals surface area contributed by atoms with Gasteiger partial charge in [0.1, 0.15) is 5.82 Å². The molecule has 2 rings (SSSR count). The predicted octanol–water partition coefficient (Wildman–Crippen LogP) is 5.38. The maximum atomic E-state index is 12.5. The van der Waals surface area contributed by atoms with Gasteiger partial charge in [-0.25, -0.2) is 4.39 Å². The molecule has 0 unspecified atom stereocenters. The van der Waals surface area contributed by atoms with Gasteiger partial charge in [-0.2, -0.15) is 0 Å².